The zero-order valence-corrected chi connectivity index (χ0v) is 20.2. The number of allylic oxidation sites excluding steroid dienone is 2. The van der Waals surface area contributed by atoms with Gasteiger partial charge in [0.15, 0.2) is 0 Å². The topological polar surface area (TPSA) is 69.8 Å². The number of aromatic nitrogens is 2. The molecule has 1 saturated carbocycles. The molecule has 1 heterocycles. The first kappa shape index (κ1) is 22.4. The summed E-state index contributed by atoms with van der Waals surface area (Å²) in [6.45, 7) is 0. The number of carbonyl (C=O) groups excluding carboxylic acids is 1. The summed E-state index contributed by atoms with van der Waals surface area (Å²) in [4.78, 5) is 13.0. The minimum Gasteiger partial charge on any atom is -0.355 e. The molecule has 2 aliphatic rings. The fraction of sp³-hybridized carbons (Fsp3) is 0.226. The van der Waals surface area contributed by atoms with E-state index in [2.05, 4.69) is 69.4 Å². The van der Waals surface area contributed by atoms with E-state index in [1.54, 1.807) is 0 Å². The molecule has 36 heavy (non-hydrogen) atoms. The van der Waals surface area contributed by atoms with Gasteiger partial charge in [0.25, 0.3) is 0 Å². The van der Waals surface area contributed by atoms with Crippen LogP contribution in [0.1, 0.15) is 36.9 Å². The van der Waals surface area contributed by atoms with Gasteiger partial charge in [0, 0.05) is 28.4 Å². The summed E-state index contributed by atoms with van der Waals surface area (Å²) in [5, 5.41) is 15.3. The molecule has 0 aliphatic heterocycles. The van der Waals surface area contributed by atoms with Crippen molar-refractivity contribution in [2.24, 2.45) is 17.8 Å². The largest absolute Gasteiger partial charge is 0.355 e. The number of nitrogens with one attached hydrogen (secondary N) is 3. The molecule has 4 aromatic rings. The second-order valence-electron chi connectivity index (χ2n) is 10.0. The Morgan fingerprint density at radius 1 is 0.889 bits per heavy atom. The van der Waals surface area contributed by atoms with E-state index >= 15 is 0 Å². The smallest absolute Gasteiger partial charge is 0.227 e. The Balaban J connectivity index is 1.13. The van der Waals surface area contributed by atoms with Gasteiger partial charge in [-0.3, -0.25) is 9.89 Å². The van der Waals surface area contributed by atoms with Gasteiger partial charge in [0.1, 0.15) is 0 Å². The molecule has 0 saturated heterocycles. The molecule has 3 aromatic carbocycles. The van der Waals surface area contributed by atoms with Crippen LogP contribution in [0.2, 0.25) is 0 Å². The summed E-state index contributed by atoms with van der Waals surface area (Å²) in [6, 6.07) is 24.3. The highest BCUT2D eigenvalue weighted by Gasteiger charge is 2.33. The monoisotopic (exact) mass is 474 g/mol. The van der Waals surface area contributed by atoms with Crippen LogP contribution < -0.4 is 10.6 Å². The molecule has 1 fully saturated rings. The lowest BCUT2D eigenvalue weighted by molar-refractivity contribution is -0.121. The van der Waals surface area contributed by atoms with Crippen molar-refractivity contribution in [2.45, 2.75) is 25.7 Å². The standard InChI is InChI=1S/C31H30N4O/c36-31(24-17-22-8-4-9-23(16-22)18-24)33-26-11-5-10-25(19-26)32-27-13-14-28-29(34-35-30(28)20-27)15-12-21-6-2-1-3-7-21/h1-8,10-15,19-20,22-24,32H,9,16-18H2,(H,33,36)(H,34,35)/b15-12+. The molecule has 5 heteroatoms. The van der Waals surface area contributed by atoms with Crippen LogP contribution in [-0.4, -0.2) is 16.1 Å². The molecular weight excluding hydrogens is 444 g/mol. The van der Waals surface area contributed by atoms with Gasteiger partial charge in [0.05, 0.1) is 11.2 Å². The lowest BCUT2D eigenvalue weighted by Crippen LogP contribution is -2.32. The molecule has 1 aromatic heterocycles. The van der Waals surface area contributed by atoms with E-state index in [0.29, 0.717) is 11.8 Å². The highest BCUT2D eigenvalue weighted by Crippen LogP contribution is 2.39. The number of anilines is 3. The number of nitrogens with zero attached hydrogens (tertiary/aromatic N) is 1. The van der Waals surface area contributed by atoms with Crippen molar-refractivity contribution in [1.29, 1.82) is 0 Å². The van der Waals surface area contributed by atoms with Gasteiger partial charge < -0.3 is 10.6 Å². The quantitative estimate of drug-likeness (QED) is 0.255. The summed E-state index contributed by atoms with van der Waals surface area (Å²) < 4.78 is 0. The number of fused-ring (bicyclic) bond motifs is 3. The Kier molecular flexibility index (Phi) is 6.12. The van der Waals surface area contributed by atoms with Crippen molar-refractivity contribution < 1.29 is 4.79 Å². The number of aromatic amines is 1. The summed E-state index contributed by atoms with van der Waals surface area (Å²) in [7, 11) is 0. The second kappa shape index (κ2) is 9.86. The van der Waals surface area contributed by atoms with E-state index in [-0.39, 0.29) is 11.8 Å². The van der Waals surface area contributed by atoms with Crippen LogP contribution in [0.15, 0.2) is 84.9 Å². The first-order chi connectivity index (χ1) is 17.7. The van der Waals surface area contributed by atoms with Crippen LogP contribution in [0.3, 0.4) is 0 Å². The first-order valence-electron chi connectivity index (χ1n) is 12.8. The maximum atomic E-state index is 13.0. The minimum atomic E-state index is 0.100. The lowest BCUT2D eigenvalue weighted by Gasteiger charge is -2.35. The average molecular weight is 475 g/mol. The summed E-state index contributed by atoms with van der Waals surface area (Å²) >= 11 is 0. The molecular formula is C31H30N4O. The molecule has 0 radical (unpaired) electrons. The van der Waals surface area contributed by atoms with Crippen molar-refractivity contribution in [3.63, 3.8) is 0 Å². The van der Waals surface area contributed by atoms with Crippen LogP contribution in [0.25, 0.3) is 23.1 Å². The fourth-order valence-electron chi connectivity index (χ4n) is 5.58. The molecule has 3 atom stereocenters. The third-order valence-electron chi connectivity index (χ3n) is 7.33. The van der Waals surface area contributed by atoms with Gasteiger partial charge in [-0.15, -0.1) is 0 Å². The Bertz CT molecular complexity index is 1440. The zero-order valence-electron chi connectivity index (χ0n) is 20.2. The van der Waals surface area contributed by atoms with Gasteiger partial charge >= 0.3 is 0 Å². The number of hydrogen-bond acceptors (Lipinski definition) is 3. The molecule has 2 aliphatic carbocycles. The minimum absolute atomic E-state index is 0.100. The molecule has 2 bridgehead atoms. The number of amides is 1. The van der Waals surface area contributed by atoms with E-state index in [0.717, 1.165) is 58.5 Å². The van der Waals surface area contributed by atoms with E-state index in [4.69, 9.17) is 0 Å². The normalized spacial score (nSPS) is 21.1. The van der Waals surface area contributed by atoms with Crippen LogP contribution in [0.5, 0.6) is 0 Å². The Hall–Kier alpha value is -4.12. The summed E-state index contributed by atoms with van der Waals surface area (Å²) in [6.07, 6.45) is 13.0. The van der Waals surface area contributed by atoms with E-state index < -0.39 is 0 Å². The fourth-order valence-corrected chi connectivity index (χ4v) is 5.58. The van der Waals surface area contributed by atoms with Gasteiger partial charge in [-0.2, -0.15) is 5.10 Å². The van der Waals surface area contributed by atoms with E-state index in [9.17, 15) is 4.79 Å². The number of carbonyl (C=O) groups is 1. The van der Waals surface area contributed by atoms with Crippen molar-refractivity contribution in [3.05, 3.63) is 96.2 Å². The Morgan fingerprint density at radius 2 is 1.75 bits per heavy atom. The van der Waals surface area contributed by atoms with Crippen LogP contribution in [-0.2, 0) is 4.79 Å². The van der Waals surface area contributed by atoms with Gasteiger partial charge in [-0.05, 0) is 85.6 Å². The number of benzene rings is 3. The van der Waals surface area contributed by atoms with Crippen LogP contribution in [0.4, 0.5) is 17.1 Å². The molecule has 3 unspecified atom stereocenters. The van der Waals surface area contributed by atoms with Crippen molar-refractivity contribution in [1.82, 2.24) is 10.2 Å². The molecule has 0 spiro atoms. The Labute approximate surface area is 211 Å². The third kappa shape index (κ3) is 4.96. The van der Waals surface area contributed by atoms with Crippen molar-refractivity contribution in [3.8, 4) is 0 Å². The maximum absolute atomic E-state index is 13.0. The predicted molar refractivity (Wildman–Crippen MR) is 148 cm³/mol. The number of rotatable bonds is 6. The molecule has 6 rings (SSSR count). The highest BCUT2D eigenvalue weighted by atomic mass is 16.1. The highest BCUT2D eigenvalue weighted by molar-refractivity contribution is 5.94. The van der Waals surface area contributed by atoms with E-state index in [1.165, 1.54) is 6.42 Å². The third-order valence-corrected chi connectivity index (χ3v) is 7.33. The molecule has 1 amide bonds. The number of hydrogen-bond donors (Lipinski definition) is 3. The van der Waals surface area contributed by atoms with E-state index in [1.807, 2.05) is 48.5 Å². The lowest BCUT2D eigenvalue weighted by atomic mass is 9.71. The number of H-pyrrole nitrogens is 1. The summed E-state index contributed by atoms with van der Waals surface area (Å²) in [5.41, 5.74) is 5.73. The molecule has 3 N–H and O–H groups in total. The maximum Gasteiger partial charge on any atom is 0.227 e. The summed E-state index contributed by atoms with van der Waals surface area (Å²) in [5.74, 6) is 1.47. The van der Waals surface area contributed by atoms with Crippen LogP contribution in [0, 0.1) is 17.8 Å². The van der Waals surface area contributed by atoms with Crippen LogP contribution >= 0.6 is 0 Å². The average Bonchev–Trinajstić information content (AvgIpc) is 3.30. The van der Waals surface area contributed by atoms with Gasteiger partial charge in [-0.25, -0.2) is 0 Å². The van der Waals surface area contributed by atoms with Gasteiger partial charge in [0.2, 0.25) is 5.91 Å². The van der Waals surface area contributed by atoms with Crippen molar-refractivity contribution >= 4 is 46.0 Å². The van der Waals surface area contributed by atoms with Gasteiger partial charge in [-0.1, -0.05) is 54.6 Å². The molecule has 180 valence electrons. The first-order valence-corrected chi connectivity index (χ1v) is 12.8. The molecule has 5 nitrogen and oxygen atoms in total. The Morgan fingerprint density at radius 3 is 2.64 bits per heavy atom. The SMILES string of the molecule is O=C(Nc1cccc(Nc2ccc3c(/C=C/c4ccccc4)n[nH]c3c2)c1)C1CC2C=CCC(C2)C1. The van der Waals surface area contributed by atoms with Crippen molar-refractivity contribution in [2.75, 3.05) is 10.6 Å². The second-order valence-corrected chi connectivity index (χ2v) is 10.0. The zero-order chi connectivity index (χ0) is 24.3. The predicted octanol–water partition coefficient (Wildman–Crippen LogP) is 7.41.